The van der Waals surface area contributed by atoms with E-state index in [1.807, 2.05) is 11.9 Å². The monoisotopic (exact) mass is 275 g/mol. The lowest BCUT2D eigenvalue weighted by molar-refractivity contribution is -0.141. The lowest BCUT2D eigenvalue weighted by Gasteiger charge is -2.19. The molecule has 0 aliphatic rings. The van der Waals surface area contributed by atoms with Crippen LogP contribution in [0, 0.1) is 5.92 Å². The molecule has 0 aromatic heterocycles. The molecule has 17 heavy (non-hydrogen) atoms. The van der Waals surface area contributed by atoms with Crippen molar-refractivity contribution in [3.05, 3.63) is 33.8 Å². The summed E-state index contributed by atoms with van der Waals surface area (Å²) in [6.45, 7) is 2.73. The van der Waals surface area contributed by atoms with Crippen LogP contribution in [0.25, 0.3) is 0 Å². The molecule has 1 atom stereocenters. The van der Waals surface area contributed by atoms with Crippen LogP contribution < -0.4 is 0 Å². The van der Waals surface area contributed by atoms with Gasteiger partial charge >= 0.3 is 5.97 Å². The van der Waals surface area contributed by atoms with Gasteiger partial charge in [-0.1, -0.05) is 30.1 Å². The highest BCUT2D eigenvalue weighted by atomic mass is 35.5. The number of nitrogens with zero attached hydrogens (tertiary/aromatic N) is 1. The molecule has 1 rings (SSSR count). The summed E-state index contributed by atoms with van der Waals surface area (Å²) < 4.78 is 0. The summed E-state index contributed by atoms with van der Waals surface area (Å²) in [5, 5.41) is 10.1. The Morgan fingerprint density at radius 2 is 2.12 bits per heavy atom. The van der Waals surface area contributed by atoms with Crippen molar-refractivity contribution in [2.24, 2.45) is 5.92 Å². The van der Waals surface area contributed by atoms with Gasteiger partial charge in [-0.2, -0.15) is 0 Å². The summed E-state index contributed by atoms with van der Waals surface area (Å²) in [6.07, 6.45) is 0. The summed E-state index contributed by atoms with van der Waals surface area (Å²) in [5.41, 5.74) is 0.902. The first-order valence-electron chi connectivity index (χ1n) is 5.25. The van der Waals surface area contributed by atoms with Gasteiger partial charge in [-0.05, 0) is 30.8 Å². The fourth-order valence-electron chi connectivity index (χ4n) is 1.57. The maximum Gasteiger partial charge on any atom is 0.307 e. The number of rotatable bonds is 5. The van der Waals surface area contributed by atoms with Crippen molar-refractivity contribution >= 4 is 29.2 Å². The minimum Gasteiger partial charge on any atom is -0.481 e. The molecular weight excluding hydrogens is 261 g/mol. The first-order chi connectivity index (χ1) is 7.90. The zero-order valence-electron chi connectivity index (χ0n) is 9.78. The molecule has 0 fully saturated rings. The lowest BCUT2D eigenvalue weighted by atomic mass is 10.1. The van der Waals surface area contributed by atoms with Gasteiger partial charge in [0.25, 0.3) is 0 Å². The number of benzene rings is 1. The van der Waals surface area contributed by atoms with E-state index in [0.717, 1.165) is 5.56 Å². The van der Waals surface area contributed by atoms with Crippen LogP contribution in [0.2, 0.25) is 10.0 Å². The van der Waals surface area contributed by atoms with E-state index in [1.54, 1.807) is 25.1 Å². The van der Waals surface area contributed by atoms with Gasteiger partial charge in [0.1, 0.15) is 0 Å². The Morgan fingerprint density at radius 1 is 1.47 bits per heavy atom. The van der Waals surface area contributed by atoms with Gasteiger partial charge in [-0.3, -0.25) is 4.79 Å². The molecule has 0 amide bonds. The van der Waals surface area contributed by atoms with Crippen LogP contribution in [-0.2, 0) is 11.3 Å². The maximum absolute atomic E-state index is 10.7. The van der Waals surface area contributed by atoms with Gasteiger partial charge in [0, 0.05) is 23.1 Å². The maximum atomic E-state index is 10.7. The van der Waals surface area contributed by atoms with E-state index in [-0.39, 0.29) is 0 Å². The fraction of sp³-hybridized carbons (Fsp3) is 0.417. The molecule has 1 unspecified atom stereocenters. The number of carbonyl (C=O) groups is 1. The van der Waals surface area contributed by atoms with E-state index < -0.39 is 11.9 Å². The first-order valence-corrected chi connectivity index (χ1v) is 6.01. The highest BCUT2D eigenvalue weighted by Gasteiger charge is 2.14. The van der Waals surface area contributed by atoms with Gasteiger partial charge in [0.2, 0.25) is 0 Å². The van der Waals surface area contributed by atoms with Crippen molar-refractivity contribution in [2.45, 2.75) is 13.5 Å². The summed E-state index contributed by atoms with van der Waals surface area (Å²) in [6, 6.07) is 5.27. The second-order valence-corrected chi connectivity index (χ2v) is 5.02. The lowest BCUT2D eigenvalue weighted by Crippen LogP contribution is -2.28. The Balaban J connectivity index is 2.64. The van der Waals surface area contributed by atoms with Crippen molar-refractivity contribution in [3.8, 4) is 0 Å². The van der Waals surface area contributed by atoms with E-state index in [4.69, 9.17) is 28.3 Å². The zero-order valence-corrected chi connectivity index (χ0v) is 11.3. The largest absolute Gasteiger partial charge is 0.481 e. The second kappa shape index (κ2) is 6.24. The highest BCUT2D eigenvalue weighted by Crippen LogP contribution is 2.21. The molecule has 5 heteroatoms. The van der Waals surface area contributed by atoms with E-state index in [1.165, 1.54) is 0 Å². The summed E-state index contributed by atoms with van der Waals surface area (Å²) in [4.78, 5) is 12.6. The van der Waals surface area contributed by atoms with E-state index in [0.29, 0.717) is 23.1 Å². The molecule has 94 valence electrons. The Morgan fingerprint density at radius 3 is 2.71 bits per heavy atom. The summed E-state index contributed by atoms with van der Waals surface area (Å²) >= 11 is 11.9. The third-order valence-corrected chi connectivity index (χ3v) is 3.06. The van der Waals surface area contributed by atoms with Crippen LogP contribution >= 0.6 is 23.2 Å². The normalized spacial score (nSPS) is 12.8. The summed E-state index contributed by atoms with van der Waals surface area (Å²) in [7, 11) is 1.86. The number of aliphatic carboxylic acids is 1. The Hall–Kier alpha value is -0.770. The molecule has 1 N–H and O–H groups in total. The molecule has 1 aromatic carbocycles. The number of hydrogen-bond acceptors (Lipinski definition) is 2. The SMILES string of the molecule is CC(CN(C)Cc1cc(Cl)ccc1Cl)C(=O)O. The molecule has 0 bridgehead atoms. The predicted molar refractivity (Wildman–Crippen MR) is 69.6 cm³/mol. The number of carboxylic acids is 1. The first kappa shape index (κ1) is 14.3. The molecule has 3 nitrogen and oxygen atoms in total. The average Bonchev–Trinajstić information content (AvgIpc) is 2.23. The minimum absolute atomic E-state index is 0.405. The fourth-order valence-corrected chi connectivity index (χ4v) is 1.94. The van der Waals surface area contributed by atoms with Crippen molar-refractivity contribution in [3.63, 3.8) is 0 Å². The van der Waals surface area contributed by atoms with Gasteiger partial charge in [-0.15, -0.1) is 0 Å². The van der Waals surface area contributed by atoms with Crippen LogP contribution in [0.15, 0.2) is 18.2 Å². The smallest absolute Gasteiger partial charge is 0.307 e. The van der Waals surface area contributed by atoms with Crippen molar-refractivity contribution in [1.82, 2.24) is 4.90 Å². The van der Waals surface area contributed by atoms with Crippen molar-refractivity contribution in [2.75, 3.05) is 13.6 Å². The van der Waals surface area contributed by atoms with Gasteiger partial charge < -0.3 is 10.0 Å². The standard InChI is InChI=1S/C12H15Cl2NO2/c1-8(12(16)17)6-15(2)7-9-5-10(13)3-4-11(9)14/h3-5,8H,6-7H2,1-2H3,(H,16,17). The highest BCUT2D eigenvalue weighted by molar-refractivity contribution is 6.33. The van der Waals surface area contributed by atoms with E-state index in [9.17, 15) is 4.79 Å². The summed E-state index contributed by atoms with van der Waals surface area (Å²) in [5.74, 6) is -1.20. The van der Waals surface area contributed by atoms with Crippen molar-refractivity contribution < 1.29 is 9.90 Å². The quantitative estimate of drug-likeness (QED) is 0.898. The Labute approximate surface area is 111 Å². The molecule has 0 heterocycles. The van der Waals surface area contributed by atoms with Crippen LogP contribution in [0.4, 0.5) is 0 Å². The third-order valence-electron chi connectivity index (χ3n) is 2.46. The van der Waals surface area contributed by atoms with Crippen molar-refractivity contribution in [1.29, 1.82) is 0 Å². The Kier molecular flexibility index (Phi) is 5.25. The molecule has 0 saturated heterocycles. The topological polar surface area (TPSA) is 40.5 Å². The third kappa shape index (κ3) is 4.54. The van der Waals surface area contributed by atoms with Gasteiger partial charge in [-0.25, -0.2) is 0 Å². The van der Waals surface area contributed by atoms with Gasteiger partial charge in [0.15, 0.2) is 0 Å². The van der Waals surface area contributed by atoms with Crippen LogP contribution in [0.1, 0.15) is 12.5 Å². The van der Waals surface area contributed by atoms with Crippen LogP contribution in [0.3, 0.4) is 0 Å². The Bertz CT molecular complexity index is 409. The van der Waals surface area contributed by atoms with E-state index >= 15 is 0 Å². The number of carboxylic acid groups (broad SMARTS) is 1. The minimum atomic E-state index is -0.797. The van der Waals surface area contributed by atoms with Gasteiger partial charge in [0.05, 0.1) is 5.92 Å². The van der Waals surface area contributed by atoms with E-state index in [2.05, 4.69) is 0 Å². The number of halogens is 2. The molecule has 1 aromatic rings. The number of hydrogen-bond donors (Lipinski definition) is 1. The van der Waals surface area contributed by atoms with Crippen LogP contribution in [0.5, 0.6) is 0 Å². The average molecular weight is 276 g/mol. The van der Waals surface area contributed by atoms with Crippen LogP contribution in [-0.4, -0.2) is 29.6 Å². The predicted octanol–water partition coefficient (Wildman–Crippen LogP) is 3.15. The molecule has 0 aliphatic carbocycles. The molecule has 0 radical (unpaired) electrons. The molecule has 0 saturated carbocycles. The zero-order chi connectivity index (χ0) is 13.0. The molecule has 0 spiro atoms. The molecular formula is C12H15Cl2NO2. The second-order valence-electron chi connectivity index (χ2n) is 4.17. The molecule has 0 aliphatic heterocycles.